The number of aliphatic hydroxyl groups is 1. The number of piperidine rings is 1. The fourth-order valence-corrected chi connectivity index (χ4v) is 5.95. The van der Waals surface area contributed by atoms with Crippen molar-refractivity contribution in [2.75, 3.05) is 12.4 Å². The Hall–Kier alpha value is -2.95. The maximum absolute atomic E-state index is 13.0. The van der Waals surface area contributed by atoms with Gasteiger partial charge in [-0.05, 0) is 95.5 Å². The highest BCUT2D eigenvalue weighted by atomic mass is 16.3. The standard InChI is InChI=1S/C29H39N5O2/c1-26(2)13-11-19(12-14-26)21-15-20(29(36)17-27(3,4)34(8)28(5,6)18-29)9-10-22(21)32-25(35)24-31-16-23(30-7)33-24/h9-11,15-16,36H,12-14,17-18H2,1-6,8H3,(H,31,33)(H,32,35). The van der Waals surface area contributed by atoms with Crippen molar-refractivity contribution >= 4 is 23.0 Å². The summed E-state index contributed by atoms with van der Waals surface area (Å²) >= 11 is 0. The van der Waals surface area contributed by atoms with Crippen LogP contribution < -0.4 is 5.32 Å². The van der Waals surface area contributed by atoms with Crippen LogP contribution in [-0.2, 0) is 5.60 Å². The Morgan fingerprint density at radius 3 is 2.39 bits per heavy atom. The first-order valence-electron chi connectivity index (χ1n) is 12.7. The number of carbonyl (C=O) groups is 1. The van der Waals surface area contributed by atoms with Gasteiger partial charge in [-0.1, -0.05) is 32.6 Å². The molecule has 0 unspecified atom stereocenters. The molecule has 1 aliphatic carbocycles. The molecule has 192 valence electrons. The first kappa shape index (κ1) is 26.1. The van der Waals surface area contributed by atoms with Crippen LogP contribution in [0.25, 0.3) is 10.4 Å². The zero-order valence-electron chi connectivity index (χ0n) is 22.6. The first-order chi connectivity index (χ1) is 16.7. The lowest BCUT2D eigenvalue weighted by molar-refractivity contribution is -0.128. The van der Waals surface area contributed by atoms with Crippen molar-refractivity contribution in [3.8, 4) is 0 Å². The number of amides is 1. The molecule has 36 heavy (non-hydrogen) atoms. The van der Waals surface area contributed by atoms with Gasteiger partial charge < -0.3 is 15.3 Å². The van der Waals surface area contributed by atoms with Crippen LogP contribution in [0, 0.1) is 12.0 Å². The molecular formula is C29H39N5O2. The Morgan fingerprint density at radius 2 is 1.83 bits per heavy atom. The van der Waals surface area contributed by atoms with Gasteiger partial charge in [-0.25, -0.2) is 4.98 Å². The Morgan fingerprint density at radius 1 is 1.17 bits per heavy atom. The molecule has 0 radical (unpaired) electrons. The quantitative estimate of drug-likeness (QED) is 0.442. The molecule has 2 aromatic rings. The zero-order chi connectivity index (χ0) is 26.5. The second-order valence-corrected chi connectivity index (χ2v) is 12.6. The lowest BCUT2D eigenvalue weighted by atomic mass is 9.68. The maximum Gasteiger partial charge on any atom is 0.314 e. The van der Waals surface area contributed by atoms with Gasteiger partial charge in [0.1, 0.15) is 0 Å². The number of anilines is 1. The summed E-state index contributed by atoms with van der Waals surface area (Å²) in [6.07, 6.45) is 7.78. The first-order valence-corrected chi connectivity index (χ1v) is 12.7. The SMILES string of the molecule is [C-]#[N+]c1cnc(C(=O)Nc2ccc(C3(O)CC(C)(C)N(C)C(C)(C)C3)cc2C2=CCC(C)(C)CC2)[nH]1. The monoisotopic (exact) mass is 489 g/mol. The van der Waals surface area contributed by atoms with E-state index >= 15 is 0 Å². The third-order valence-electron chi connectivity index (χ3n) is 8.29. The molecule has 0 bridgehead atoms. The second kappa shape index (κ2) is 8.86. The largest absolute Gasteiger partial charge is 0.385 e. The van der Waals surface area contributed by atoms with Crippen LogP contribution in [0.1, 0.15) is 95.4 Å². The highest BCUT2D eigenvalue weighted by Crippen LogP contribution is 2.49. The number of allylic oxidation sites excluding steroid dienone is 2. The van der Waals surface area contributed by atoms with Gasteiger partial charge in [0.05, 0.1) is 11.8 Å². The third kappa shape index (κ3) is 4.98. The molecular weight excluding hydrogens is 450 g/mol. The van der Waals surface area contributed by atoms with Crippen molar-refractivity contribution in [3.05, 3.63) is 58.8 Å². The molecule has 0 spiro atoms. The fourth-order valence-electron chi connectivity index (χ4n) is 5.95. The Labute approximate surface area is 214 Å². The summed E-state index contributed by atoms with van der Waals surface area (Å²) in [4.78, 5) is 25.4. The Balaban J connectivity index is 1.75. The van der Waals surface area contributed by atoms with Crippen molar-refractivity contribution in [3.63, 3.8) is 0 Å². The molecule has 1 saturated heterocycles. The normalized spacial score (nSPS) is 22.4. The van der Waals surface area contributed by atoms with Gasteiger partial charge in [0.25, 0.3) is 5.82 Å². The average Bonchev–Trinajstić information content (AvgIpc) is 3.27. The molecule has 2 aliphatic rings. The van der Waals surface area contributed by atoms with E-state index in [1.54, 1.807) is 0 Å². The molecule has 0 saturated carbocycles. The molecule has 1 fully saturated rings. The molecule has 3 N–H and O–H groups in total. The van der Waals surface area contributed by atoms with E-state index in [1.165, 1.54) is 11.8 Å². The number of nitrogens with zero attached hydrogens (tertiary/aromatic N) is 3. The molecule has 1 aliphatic heterocycles. The number of imidazole rings is 1. The molecule has 0 atom stereocenters. The van der Waals surface area contributed by atoms with Crippen LogP contribution in [0.4, 0.5) is 11.5 Å². The fraction of sp³-hybridized carbons (Fsp3) is 0.552. The van der Waals surface area contributed by atoms with Crippen molar-refractivity contribution in [2.24, 2.45) is 5.41 Å². The van der Waals surface area contributed by atoms with Crippen LogP contribution in [0.15, 0.2) is 30.5 Å². The summed E-state index contributed by atoms with van der Waals surface area (Å²) in [6.45, 7) is 20.4. The number of H-pyrrole nitrogens is 1. The van der Waals surface area contributed by atoms with Crippen LogP contribution in [0.2, 0.25) is 0 Å². The molecule has 1 aromatic carbocycles. The second-order valence-electron chi connectivity index (χ2n) is 12.6. The van der Waals surface area contributed by atoms with E-state index in [1.807, 2.05) is 12.1 Å². The van der Waals surface area contributed by atoms with Crippen molar-refractivity contribution < 1.29 is 9.90 Å². The number of benzene rings is 1. The smallest absolute Gasteiger partial charge is 0.314 e. The average molecular weight is 490 g/mol. The minimum Gasteiger partial charge on any atom is -0.385 e. The van der Waals surface area contributed by atoms with E-state index in [0.29, 0.717) is 18.5 Å². The van der Waals surface area contributed by atoms with Gasteiger partial charge in [0, 0.05) is 22.3 Å². The highest BCUT2D eigenvalue weighted by Gasteiger charge is 2.50. The number of rotatable bonds is 4. The summed E-state index contributed by atoms with van der Waals surface area (Å²) in [5.41, 5.74) is 2.58. The van der Waals surface area contributed by atoms with Gasteiger partial charge in [0.2, 0.25) is 5.82 Å². The van der Waals surface area contributed by atoms with Crippen LogP contribution in [0.5, 0.6) is 0 Å². The number of aromatic nitrogens is 2. The number of hydrogen-bond donors (Lipinski definition) is 3. The van der Waals surface area contributed by atoms with Gasteiger partial charge in [-0.2, -0.15) is 0 Å². The van der Waals surface area contributed by atoms with E-state index in [-0.39, 0.29) is 28.1 Å². The predicted molar refractivity (Wildman–Crippen MR) is 144 cm³/mol. The van der Waals surface area contributed by atoms with E-state index < -0.39 is 11.5 Å². The Kier molecular flexibility index (Phi) is 6.43. The molecule has 1 aromatic heterocycles. The zero-order valence-corrected chi connectivity index (χ0v) is 22.6. The highest BCUT2D eigenvalue weighted by molar-refractivity contribution is 6.03. The van der Waals surface area contributed by atoms with Gasteiger partial charge in [0.15, 0.2) is 0 Å². The summed E-state index contributed by atoms with van der Waals surface area (Å²) in [5.74, 6) is -0.0641. The van der Waals surface area contributed by atoms with Gasteiger partial charge in [-0.3, -0.25) is 14.7 Å². The maximum atomic E-state index is 13.0. The Bertz CT molecular complexity index is 1230. The predicted octanol–water partition coefficient (Wildman–Crippen LogP) is 6.28. The van der Waals surface area contributed by atoms with E-state index in [9.17, 15) is 9.90 Å². The van der Waals surface area contributed by atoms with Crippen LogP contribution >= 0.6 is 0 Å². The van der Waals surface area contributed by atoms with E-state index in [2.05, 4.69) is 85.8 Å². The molecule has 2 heterocycles. The number of aromatic amines is 1. The van der Waals surface area contributed by atoms with Gasteiger partial charge >= 0.3 is 5.91 Å². The van der Waals surface area contributed by atoms with Crippen LogP contribution in [0.3, 0.4) is 0 Å². The summed E-state index contributed by atoms with van der Waals surface area (Å²) in [7, 11) is 2.13. The molecule has 4 rings (SSSR count). The van der Waals surface area contributed by atoms with Crippen molar-refractivity contribution in [1.29, 1.82) is 0 Å². The number of nitrogens with one attached hydrogen (secondary N) is 2. The third-order valence-corrected chi connectivity index (χ3v) is 8.29. The van der Waals surface area contributed by atoms with Crippen molar-refractivity contribution in [2.45, 2.75) is 90.3 Å². The van der Waals surface area contributed by atoms with E-state index in [0.717, 1.165) is 30.4 Å². The summed E-state index contributed by atoms with van der Waals surface area (Å²) < 4.78 is 0. The minimum atomic E-state index is -0.989. The van der Waals surface area contributed by atoms with Crippen molar-refractivity contribution in [1.82, 2.24) is 14.9 Å². The number of hydrogen-bond acceptors (Lipinski definition) is 4. The lowest BCUT2D eigenvalue weighted by Crippen LogP contribution is -2.62. The van der Waals surface area contributed by atoms with E-state index in [4.69, 9.17) is 6.57 Å². The topological polar surface area (TPSA) is 85.6 Å². The van der Waals surface area contributed by atoms with Crippen LogP contribution in [-0.4, -0.2) is 44.0 Å². The minimum absolute atomic E-state index is 0.104. The molecule has 7 heteroatoms. The number of carbonyl (C=O) groups excluding carboxylic acids is 1. The lowest BCUT2D eigenvalue weighted by Gasteiger charge is -2.57. The summed E-state index contributed by atoms with van der Waals surface area (Å²) in [6, 6.07) is 5.92. The number of likely N-dealkylation sites (tertiary alicyclic amines) is 1. The summed E-state index contributed by atoms with van der Waals surface area (Å²) in [5, 5.41) is 15.0. The molecule has 7 nitrogen and oxygen atoms in total. The molecule has 1 amide bonds. The van der Waals surface area contributed by atoms with Gasteiger partial charge in [-0.15, -0.1) is 0 Å².